The number of hydrogen-bond acceptors (Lipinski definition) is 1. The van der Waals surface area contributed by atoms with Crippen molar-refractivity contribution in [2.45, 2.75) is 2.60 Å². The van der Waals surface area contributed by atoms with Crippen LogP contribution in [-0.2, 0) is 0 Å². The predicted molar refractivity (Wildman–Crippen MR) is 28.8 cm³/mol. The van der Waals surface area contributed by atoms with Gasteiger partial charge in [-0.3, -0.25) is 0 Å². The molecule has 0 aliphatic heterocycles. The van der Waals surface area contributed by atoms with Gasteiger partial charge in [0.25, 0.3) is 0 Å². The fourth-order valence-corrected chi connectivity index (χ4v) is 0. The van der Waals surface area contributed by atoms with Crippen LogP contribution < -0.4 is 0 Å². The molecule has 0 aliphatic carbocycles. The summed E-state index contributed by atoms with van der Waals surface area (Å²) in [4.78, 5) is 0. The molecule has 5 heavy (non-hydrogen) atoms. The molecule has 0 aromatic heterocycles. The number of thioether (sulfide) groups is 1. The Balaban J connectivity index is 2.54. The third-order valence-electron chi connectivity index (χ3n) is 0.471. The molecular formula is C2H4Li2S. The average Bonchev–Trinajstić information content (AvgIpc) is 1.38. The molecule has 3 heteroatoms. The van der Waals surface area contributed by atoms with E-state index in [4.69, 9.17) is 0 Å². The van der Waals surface area contributed by atoms with Crippen LogP contribution in [0.1, 0.15) is 0 Å². The number of rotatable bonds is 1. The quantitative estimate of drug-likeness (QED) is 0.393. The van der Waals surface area contributed by atoms with Crippen LogP contribution in [-0.4, -0.2) is 44.3 Å². The van der Waals surface area contributed by atoms with Gasteiger partial charge in [-0.05, 0) is 0 Å². The molecule has 0 rings (SSSR count). The van der Waals surface area contributed by atoms with Crippen LogP contribution >= 0.6 is 11.8 Å². The van der Waals surface area contributed by atoms with Gasteiger partial charge >= 0.3 is 56.0 Å². The van der Waals surface area contributed by atoms with Gasteiger partial charge in [0.05, 0.1) is 0 Å². The van der Waals surface area contributed by atoms with E-state index in [-0.39, 0.29) is 0 Å². The molecule has 0 bridgehead atoms. The molecule has 20 valence electrons. The Morgan fingerprint density at radius 1 is 1.60 bits per heavy atom. The molecule has 0 spiro atoms. The summed E-state index contributed by atoms with van der Waals surface area (Å²) in [7, 11) is 0. The Kier molecular flexibility index (Phi) is 4.88. The van der Waals surface area contributed by atoms with Crippen molar-refractivity contribution in [1.29, 1.82) is 0 Å². The molecule has 0 aliphatic rings. The van der Waals surface area contributed by atoms with E-state index in [2.05, 4.69) is 41.7 Å². The van der Waals surface area contributed by atoms with Crippen molar-refractivity contribution in [3.63, 3.8) is 0 Å². The van der Waals surface area contributed by atoms with Gasteiger partial charge in [-0.2, -0.15) is 0 Å². The third-order valence-corrected chi connectivity index (χ3v) is 1.41. The van der Waals surface area contributed by atoms with E-state index in [1.165, 1.54) is 0 Å². The van der Waals surface area contributed by atoms with E-state index in [1.54, 1.807) is 0 Å². The summed E-state index contributed by atoms with van der Waals surface area (Å²) < 4.78 is 0.801. The Morgan fingerprint density at radius 2 is 1.80 bits per heavy atom. The fourth-order valence-electron chi connectivity index (χ4n) is 0. The summed E-state index contributed by atoms with van der Waals surface area (Å²) in [5, 5.41) is 0. The van der Waals surface area contributed by atoms with Crippen molar-refractivity contribution in [2.75, 3.05) is 6.26 Å². The zero-order valence-corrected chi connectivity index (χ0v) is 4.80. The molecule has 0 nitrogen and oxygen atoms in total. The van der Waals surface area contributed by atoms with E-state index in [9.17, 15) is 0 Å². The topological polar surface area (TPSA) is 0 Å². The van der Waals surface area contributed by atoms with Gasteiger partial charge in [0.1, 0.15) is 0 Å². The summed E-state index contributed by atoms with van der Waals surface area (Å²) >= 11 is 6.25. The SMILES string of the molecule is [Li][CH]([Li])SC. The second-order valence-corrected chi connectivity index (χ2v) is 2.70. The Hall–Kier alpha value is 1.54. The minimum atomic E-state index is 0.801. The fraction of sp³-hybridized carbons (Fsp3) is 1.00. The summed E-state index contributed by atoms with van der Waals surface area (Å²) in [5.41, 5.74) is 0. The molecule has 0 aromatic rings. The molecule has 0 N–H and O–H groups in total. The molecule has 0 aromatic carbocycles. The molecule has 0 atom stereocenters. The zero-order chi connectivity index (χ0) is 4.28. The number of hydrogen-bond donors (Lipinski definition) is 0. The van der Waals surface area contributed by atoms with Crippen molar-refractivity contribution in [2.24, 2.45) is 0 Å². The van der Waals surface area contributed by atoms with Crippen LogP contribution in [0.15, 0.2) is 0 Å². The summed E-state index contributed by atoms with van der Waals surface area (Å²) in [6.07, 6.45) is 2.12. The first-order valence-corrected chi connectivity index (χ1v) is 3.09. The van der Waals surface area contributed by atoms with Crippen LogP contribution in [0.5, 0.6) is 0 Å². The average molecular weight is 74.0 g/mol. The molecule has 0 unspecified atom stereocenters. The van der Waals surface area contributed by atoms with Gasteiger partial charge < -0.3 is 0 Å². The van der Waals surface area contributed by atoms with Crippen molar-refractivity contribution < 1.29 is 0 Å². The van der Waals surface area contributed by atoms with Gasteiger partial charge in [-0.25, -0.2) is 0 Å². The van der Waals surface area contributed by atoms with E-state index in [0.717, 1.165) is 2.60 Å². The maximum atomic E-state index is 2.19. The van der Waals surface area contributed by atoms with Crippen LogP contribution in [0.3, 0.4) is 0 Å². The normalized spacial score (nSPS) is 10.0. The monoisotopic (exact) mass is 74.0 g/mol. The van der Waals surface area contributed by atoms with Gasteiger partial charge in [0.2, 0.25) is 0 Å². The molecule has 0 saturated carbocycles. The first-order chi connectivity index (χ1) is 2.27. The molecular weight excluding hydrogens is 70.0 g/mol. The molecule has 0 saturated heterocycles. The summed E-state index contributed by atoms with van der Waals surface area (Å²) in [6, 6.07) is 0. The van der Waals surface area contributed by atoms with E-state index in [1.807, 2.05) is 11.8 Å². The Labute approximate surface area is 55.9 Å². The molecule has 0 amide bonds. The van der Waals surface area contributed by atoms with Gasteiger partial charge in [0.15, 0.2) is 0 Å². The second kappa shape index (κ2) is 3.73. The first-order valence-electron chi connectivity index (χ1n) is 1.80. The van der Waals surface area contributed by atoms with Crippen LogP contribution in [0.25, 0.3) is 0 Å². The van der Waals surface area contributed by atoms with Crippen molar-refractivity contribution in [3.8, 4) is 0 Å². The third kappa shape index (κ3) is 5.54. The van der Waals surface area contributed by atoms with Gasteiger partial charge in [-0.15, -0.1) is 0 Å². The van der Waals surface area contributed by atoms with Crippen molar-refractivity contribution in [1.82, 2.24) is 0 Å². The van der Waals surface area contributed by atoms with Gasteiger partial charge in [0, 0.05) is 0 Å². The van der Waals surface area contributed by atoms with Crippen molar-refractivity contribution in [3.05, 3.63) is 0 Å². The van der Waals surface area contributed by atoms with Crippen molar-refractivity contribution >= 4 is 47.2 Å². The second-order valence-electron chi connectivity index (χ2n) is 1.28. The minimum absolute atomic E-state index is 0.801. The predicted octanol–water partition coefficient (Wildman–Crippen LogP) is -0.0300. The standard InChI is InChI=1S/C2H4S.2Li/c1-3-2;;/h1H,2H3;;. The molecule has 0 radical (unpaired) electrons. The van der Waals surface area contributed by atoms with E-state index >= 15 is 0 Å². The van der Waals surface area contributed by atoms with E-state index in [0.29, 0.717) is 0 Å². The molecule has 0 fully saturated rings. The van der Waals surface area contributed by atoms with Crippen LogP contribution in [0.4, 0.5) is 0 Å². The molecule has 0 heterocycles. The van der Waals surface area contributed by atoms with Crippen LogP contribution in [0, 0.1) is 0 Å². The van der Waals surface area contributed by atoms with Gasteiger partial charge in [-0.1, -0.05) is 0 Å². The Bertz CT molecular complexity index is 21.6. The zero-order valence-electron chi connectivity index (χ0n) is 3.99. The van der Waals surface area contributed by atoms with E-state index < -0.39 is 0 Å². The first kappa shape index (κ1) is 6.54. The summed E-state index contributed by atoms with van der Waals surface area (Å²) in [6.45, 7) is 0. The van der Waals surface area contributed by atoms with Crippen LogP contribution in [0.2, 0.25) is 0 Å². The summed E-state index contributed by atoms with van der Waals surface area (Å²) in [5.74, 6) is 0. The maximum absolute atomic E-state index is 2.19. The Morgan fingerprint density at radius 3 is 1.80 bits per heavy atom.